The van der Waals surface area contributed by atoms with Crippen LogP contribution in [0.4, 0.5) is 0 Å². The van der Waals surface area contributed by atoms with Crippen molar-refractivity contribution < 1.29 is 14.3 Å². The fraction of sp³-hybridized carbons (Fsp3) is 0.909. The summed E-state index contributed by atoms with van der Waals surface area (Å²) >= 11 is 0. The summed E-state index contributed by atoms with van der Waals surface area (Å²) in [6.45, 7) is 3.60. The Morgan fingerprint density at radius 2 is 2.14 bits per heavy atom. The van der Waals surface area contributed by atoms with Crippen molar-refractivity contribution >= 4 is 5.78 Å². The molecular weight excluding hydrogens is 180 g/mol. The highest BCUT2D eigenvalue weighted by molar-refractivity contribution is 5.83. The van der Waals surface area contributed by atoms with Crippen LogP contribution >= 0.6 is 0 Å². The molecule has 3 heteroatoms. The van der Waals surface area contributed by atoms with Crippen LogP contribution in [0.25, 0.3) is 0 Å². The van der Waals surface area contributed by atoms with Gasteiger partial charge in [0.25, 0.3) is 0 Å². The van der Waals surface area contributed by atoms with Gasteiger partial charge in [-0.2, -0.15) is 0 Å². The Labute approximate surface area is 85.8 Å². The van der Waals surface area contributed by atoms with Crippen molar-refractivity contribution in [3.05, 3.63) is 0 Å². The van der Waals surface area contributed by atoms with Gasteiger partial charge in [0.2, 0.25) is 0 Å². The van der Waals surface area contributed by atoms with E-state index < -0.39 is 0 Å². The van der Waals surface area contributed by atoms with Crippen molar-refractivity contribution in [2.45, 2.75) is 38.7 Å². The van der Waals surface area contributed by atoms with Crippen LogP contribution in [0.3, 0.4) is 0 Å². The van der Waals surface area contributed by atoms with Gasteiger partial charge >= 0.3 is 0 Å². The van der Waals surface area contributed by atoms with Crippen molar-refractivity contribution in [1.82, 2.24) is 0 Å². The molecule has 1 saturated heterocycles. The minimum absolute atomic E-state index is 0.196. The van der Waals surface area contributed by atoms with Crippen LogP contribution in [0.15, 0.2) is 0 Å². The second kappa shape index (κ2) is 6.14. The lowest BCUT2D eigenvalue weighted by Crippen LogP contribution is -2.26. The molecule has 0 aliphatic carbocycles. The maximum Gasteiger partial charge on any atom is 0.161 e. The Balaban J connectivity index is 2.30. The first-order valence-electron chi connectivity index (χ1n) is 5.41. The molecule has 0 spiro atoms. The molecule has 1 heterocycles. The number of ether oxygens (including phenoxy) is 2. The van der Waals surface area contributed by atoms with Crippen molar-refractivity contribution in [3.63, 3.8) is 0 Å². The van der Waals surface area contributed by atoms with E-state index in [1.54, 1.807) is 7.11 Å². The molecule has 14 heavy (non-hydrogen) atoms. The maximum absolute atomic E-state index is 11.7. The molecule has 3 nitrogen and oxygen atoms in total. The monoisotopic (exact) mass is 200 g/mol. The van der Waals surface area contributed by atoms with E-state index in [0.717, 1.165) is 32.5 Å². The van der Waals surface area contributed by atoms with Crippen molar-refractivity contribution in [1.29, 1.82) is 0 Å². The Morgan fingerprint density at radius 1 is 1.50 bits per heavy atom. The lowest BCUT2D eigenvalue weighted by Gasteiger charge is -2.22. The highest BCUT2D eigenvalue weighted by atomic mass is 16.5. The molecule has 0 aromatic heterocycles. The van der Waals surface area contributed by atoms with Crippen LogP contribution < -0.4 is 0 Å². The van der Waals surface area contributed by atoms with Gasteiger partial charge in [0.15, 0.2) is 5.78 Å². The Hall–Kier alpha value is -0.410. The molecule has 1 rings (SSSR count). The summed E-state index contributed by atoms with van der Waals surface area (Å²) in [6.07, 6.45) is 3.28. The number of rotatable bonds is 5. The van der Waals surface area contributed by atoms with Gasteiger partial charge in [0.1, 0.15) is 6.10 Å². The van der Waals surface area contributed by atoms with Gasteiger partial charge in [-0.3, -0.25) is 4.79 Å². The van der Waals surface area contributed by atoms with Crippen molar-refractivity contribution in [3.8, 4) is 0 Å². The largest absolute Gasteiger partial charge is 0.381 e. The standard InChI is InChI=1S/C11H20O3/c1-3-11(13-2)10(12)8-9-4-6-14-7-5-9/h9,11H,3-8H2,1-2H3. The predicted molar refractivity (Wildman–Crippen MR) is 54.3 cm³/mol. The van der Waals surface area contributed by atoms with E-state index in [2.05, 4.69) is 0 Å². The number of hydrogen-bond donors (Lipinski definition) is 0. The summed E-state index contributed by atoms with van der Waals surface area (Å²) in [5.74, 6) is 0.766. The number of hydrogen-bond acceptors (Lipinski definition) is 3. The maximum atomic E-state index is 11.7. The highest BCUT2D eigenvalue weighted by Crippen LogP contribution is 2.20. The molecule has 0 aromatic rings. The van der Waals surface area contributed by atoms with Gasteiger partial charge < -0.3 is 9.47 Å². The molecule has 0 bridgehead atoms. The third-order valence-corrected chi connectivity index (χ3v) is 2.85. The van der Waals surface area contributed by atoms with Crippen LogP contribution in [0.2, 0.25) is 0 Å². The van der Waals surface area contributed by atoms with Gasteiger partial charge in [0, 0.05) is 26.7 Å². The average molecular weight is 200 g/mol. The first kappa shape index (κ1) is 11.7. The average Bonchev–Trinajstić information content (AvgIpc) is 2.21. The summed E-state index contributed by atoms with van der Waals surface area (Å²) in [7, 11) is 1.61. The van der Waals surface area contributed by atoms with E-state index >= 15 is 0 Å². The minimum atomic E-state index is -0.196. The third-order valence-electron chi connectivity index (χ3n) is 2.85. The first-order valence-corrected chi connectivity index (χ1v) is 5.41. The molecule has 1 atom stereocenters. The van der Waals surface area contributed by atoms with Gasteiger partial charge in [0.05, 0.1) is 0 Å². The Morgan fingerprint density at radius 3 is 2.64 bits per heavy atom. The summed E-state index contributed by atoms with van der Waals surface area (Å²) in [5, 5.41) is 0. The van der Waals surface area contributed by atoms with Gasteiger partial charge in [-0.15, -0.1) is 0 Å². The molecule has 0 aromatic carbocycles. The van der Waals surface area contributed by atoms with E-state index in [1.807, 2.05) is 6.92 Å². The van der Waals surface area contributed by atoms with Crippen LogP contribution in [-0.2, 0) is 14.3 Å². The van der Waals surface area contributed by atoms with Crippen LogP contribution in [0.5, 0.6) is 0 Å². The van der Waals surface area contributed by atoms with Crippen LogP contribution in [0, 0.1) is 5.92 Å². The summed E-state index contributed by atoms with van der Waals surface area (Å²) < 4.78 is 10.4. The lowest BCUT2D eigenvalue weighted by atomic mass is 9.92. The first-order chi connectivity index (χ1) is 6.77. The third kappa shape index (κ3) is 3.39. The van der Waals surface area contributed by atoms with E-state index in [4.69, 9.17) is 9.47 Å². The minimum Gasteiger partial charge on any atom is -0.381 e. The van der Waals surface area contributed by atoms with E-state index in [0.29, 0.717) is 12.3 Å². The van der Waals surface area contributed by atoms with Gasteiger partial charge in [-0.1, -0.05) is 6.92 Å². The van der Waals surface area contributed by atoms with Crippen molar-refractivity contribution in [2.75, 3.05) is 20.3 Å². The Bertz CT molecular complexity index is 169. The smallest absolute Gasteiger partial charge is 0.161 e. The van der Waals surface area contributed by atoms with Gasteiger partial charge in [-0.25, -0.2) is 0 Å². The Kier molecular flexibility index (Phi) is 5.12. The fourth-order valence-electron chi connectivity index (χ4n) is 1.89. The predicted octanol–water partition coefficient (Wildman–Crippen LogP) is 1.80. The molecule has 1 unspecified atom stereocenters. The van der Waals surface area contributed by atoms with Gasteiger partial charge in [-0.05, 0) is 25.2 Å². The van der Waals surface area contributed by atoms with E-state index in [9.17, 15) is 4.79 Å². The van der Waals surface area contributed by atoms with Crippen LogP contribution in [0.1, 0.15) is 32.6 Å². The molecule has 0 N–H and O–H groups in total. The number of methoxy groups -OCH3 is 1. The summed E-state index contributed by atoms with van der Waals surface area (Å²) in [6, 6.07) is 0. The van der Waals surface area contributed by atoms with E-state index in [-0.39, 0.29) is 11.9 Å². The molecular formula is C11H20O3. The molecule has 0 radical (unpaired) electrons. The normalized spacial score (nSPS) is 20.7. The summed E-state index contributed by atoms with van der Waals surface area (Å²) in [4.78, 5) is 11.7. The van der Waals surface area contributed by atoms with E-state index in [1.165, 1.54) is 0 Å². The molecule has 0 saturated carbocycles. The second-order valence-electron chi connectivity index (χ2n) is 3.86. The molecule has 1 aliphatic heterocycles. The zero-order valence-corrected chi connectivity index (χ0v) is 9.12. The molecule has 82 valence electrons. The number of Topliss-reactive ketones (excluding diaryl/α,β-unsaturated/α-hetero) is 1. The number of carbonyl (C=O) groups is 1. The lowest BCUT2D eigenvalue weighted by molar-refractivity contribution is -0.130. The molecule has 0 amide bonds. The quantitative estimate of drug-likeness (QED) is 0.678. The SMILES string of the molecule is CCC(OC)C(=O)CC1CCOCC1. The number of ketones is 1. The fourth-order valence-corrected chi connectivity index (χ4v) is 1.89. The molecule has 1 aliphatic rings. The zero-order valence-electron chi connectivity index (χ0n) is 9.12. The number of carbonyl (C=O) groups excluding carboxylic acids is 1. The highest BCUT2D eigenvalue weighted by Gasteiger charge is 2.22. The van der Waals surface area contributed by atoms with Crippen LogP contribution in [-0.4, -0.2) is 32.2 Å². The second-order valence-corrected chi connectivity index (χ2v) is 3.86. The zero-order chi connectivity index (χ0) is 10.4. The topological polar surface area (TPSA) is 35.5 Å². The summed E-state index contributed by atoms with van der Waals surface area (Å²) in [5.41, 5.74) is 0. The van der Waals surface area contributed by atoms with Crippen molar-refractivity contribution in [2.24, 2.45) is 5.92 Å². The molecule has 1 fully saturated rings.